The molecule has 0 aliphatic carbocycles. The molecule has 2 fully saturated rings. The molecule has 2 aliphatic rings. The summed E-state index contributed by atoms with van der Waals surface area (Å²) >= 11 is 0. The van der Waals surface area contributed by atoms with Gasteiger partial charge in [0.2, 0.25) is 0 Å². The van der Waals surface area contributed by atoms with Gasteiger partial charge in [-0.15, -0.1) is 0 Å². The Morgan fingerprint density at radius 2 is 2.20 bits per heavy atom. The van der Waals surface area contributed by atoms with Gasteiger partial charge in [0, 0.05) is 18.5 Å². The predicted octanol–water partition coefficient (Wildman–Crippen LogP) is 1.94. The summed E-state index contributed by atoms with van der Waals surface area (Å²) < 4.78 is 16.2. The summed E-state index contributed by atoms with van der Waals surface area (Å²) in [5, 5.41) is 0. The Balaban J connectivity index is 1.80. The quantitative estimate of drug-likeness (QED) is 0.723. The van der Waals surface area contributed by atoms with Crippen molar-refractivity contribution >= 4 is 5.97 Å². The van der Waals surface area contributed by atoms with Crippen molar-refractivity contribution in [2.24, 2.45) is 0 Å². The van der Waals surface area contributed by atoms with Crippen molar-refractivity contribution in [3.63, 3.8) is 0 Å². The van der Waals surface area contributed by atoms with Crippen molar-refractivity contribution in [1.82, 2.24) is 4.90 Å². The minimum Gasteiger partial charge on any atom is -0.469 e. The van der Waals surface area contributed by atoms with E-state index in [0.717, 1.165) is 6.42 Å². The van der Waals surface area contributed by atoms with Gasteiger partial charge in [0.1, 0.15) is 0 Å². The Kier molecular flexibility index (Phi) is 5.81. The van der Waals surface area contributed by atoms with Crippen LogP contribution in [0.1, 0.15) is 46.0 Å². The van der Waals surface area contributed by atoms with E-state index in [1.54, 1.807) is 0 Å². The number of nitrogens with zero attached hydrogens (tertiary/aromatic N) is 1. The number of likely N-dealkylation sites (tertiary alicyclic amines) is 1. The molecule has 2 heterocycles. The molecule has 2 saturated heterocycles. The van der Waals surface area contributed by atoms with Crippen molar-refractivity contribution in [2.45, 2.75) is 70.4 Å². The first-order valence-corrected chi connectivity index (χ1v) is 7.69. The number of methoxy groups -OCH3 is 1. The molecule has 0 aromatic carbocycles. The molecule has 2 aliphatic heterocycles. The van der Waals surface area contributed by atoms with E-state index in [1.165, 1.54) is 32.9 Å². The smallest absolute Gasteiger partial charge is 0.308 e. The average molecular weight is 285 g/mol. The minimum atomic E-state index is -0.235. The third kappa shape index (κ3) is 4.17. The van der Waals surface area contributed by atoms with E-state index in [9.17, 15) is 4.79 Å². The molecular weight excluding hydrogens is 258 g/mol. The van der Waals surface area contributed by atoms with Gasteiger partial charge in [-0.3, -0.25) is 9.69 Å². The molecule has 0 amide bonds. The highest BCUT2D eigenvalue weighted by atomic mass is 16.7. The molecule has 0 saturated carbocycles. The number of hydrogen-bond acceptors (Lipinski definition) is 5. The lowest BCUT2D eigenvalue weighted by atomic mass is 9.97. The normalized spacial score (nSPS) is 31.7. The van der Waals surface area contributed by atoms with Crippen molar-refractivity contribution in [1.29, 1.82) is 0 Å². The number of hydrogen-bond donors (Lipinski definition) is 0. The second kappa shape index (κ2) is 7.38. The van der Waals surface area contributed by atoms with E-state index in [1.807, 2.05) is 0 Å². The number of carbonyl (C=O) groups is 1. The molecule has 0 radical (unpaired) electrons. The van der Waals surface area contributed by atoms with Crippen molar-refractivity contribution in [2.75, 3.05) is 20.3 Å². The second-order valence-electron chi connectivity index (χ2n) is 6.02. The number of carbonyl (C=O) groups excluding carboxylic acids is 1. The molecular formula is C15H27NO4. The van der Waals surface area contributed by atoms with Gasteiger partial charge in [-0.2, -0.15) is 0 Å². The van der Waals surface area contributed by atoms with Crippen LogP contribution >= 0.6 is 0 Å². The number of piperidine rings is 1. The fraction of sp³-hybridized carbons (Fsp3) is 0.933. The van der Waals surface area contributed by atoms with Crippen LogP contribution in [0.2, 0.25) is 0 Å². The molecule has 5 heteroatoms. The molecule has 116 valence electrons. The topological polar surface area (TPSA) is 48.0 Å². The van der Waals surface area contributed by atoms with Crippen LogP contribution in [0.5, 0.6) is 0 Å². The molecule has 0 aromatic rings. The maximum atomic E-state index is 11.2. The highest BCUT2D eigenvalue weighted by Gasteiger charge is 2.33. The van der Waals surface area contributed by atoms with Crippen LogP contribution < -0.4 is 0 Å². The average Bonchev–Trinajstić information content (AvgIpc) is 2.86. The highest BCUT2D eigenvalue weighted by molar-refractivity contribution is 5.69. The summed E-state index contributed by atoms with van der Waals surface area (Å²) in [4.78, 5) is 13.8. The highest BCUT2D eigenvalue weighted by Crippen LogP contribution is 2.27. The first-order valence-electron chi connectivity index (χ1n) is 7.69. The fourth-order valence-electron chi connectivity index (χ4n) is 3.19. The lowest BCUT2D eigenvalue weighted by Crippen LogP contribution is -2.45. The minimum absolute atomic E-state index is 0.149. The summed E-state index contributed by atoms with van der Waals surface area (Å²) in [5.74, 6) is -0.235. The van der Waals surface area contributed by atoms with Gasteiger partial charge in [0.15, 0.2) is 6.29 Å². The summed E-state index contributed by atoms with van der Waals surface area (Å²) in [6, 6.07) is 1.10. The SMILES string of the molecule is COC(=O)CC1COC(CC2CCCCN2C(C)C)O1. The van der Waals surface area contributed by atoms with Crippen LogP contribution in [0.4, 0.5) is 0 Å². The van der Waals surface area contributed by atoms with Gasteiger partial charge in [-0.1, -0.05) is 6.42 Å². The first kappa shape index (κ1) is 15.7. The second-order valence-corrected chi connectivity index (χ2v) is 6.02. The standard InChI is InChI=1S/C15H27NO4/c1-11(2)16-7-5-4-6-12(16)8-15-19-10-13(20-15)9-14(17)18-3/h11-13,15H,4-10H2,1-3H3. The molecule has 0 aromatic heterocycles. The molecule has 0 bridgehead atoms. The van der Waals surface area contributed by atoms with Crippen LogP contribution in [-0.2, 0) is 19.0 Å². The van der Waals surface area contributed by atoms with Crippen molar-refractivity contribution in [3.8, 4) is 0 Å². The maximum absolute atomic E-state index is 11.2. The van der Waals surface area contributed by atoms with Gasteiger partial charge in [-0.25, -0.2) is 0 Å². The van der Waals surface area contributed by atoms with Crippen LogP contribution in [0, 0.1) is 0 Å². The molecule has 0 spiro atoms. The van der Waals surface area contributed by atoms with E-state index in [4.69, 9.17) is 9.47 Å². The molecule has 5 nitrogen and oxygen atoms in total. The van der Waals surface area contributed by atoms with E-state index < -0.39 is 0 Å². The van der Waals surface area contributed by atoms with E-state index in [-0.39, 0.29) is 24.8 Å². The van der Waals surface area contributed by atoms with Crippen molar-refractivity contribution < 1.29 is 19.0 Å². The zero-order valence-electron chi connectivity index (χ0n) is 12.8. The van der Waals surface area contributed by atoms with Gasteiger partial charge < -0.3 is 14.2 Å². The summed E-state index contributed by atoms with van der Waals surface area (Å²) in [5.41, 5.74) is 0. The Morgan fingerprint density at radius 3 is 2.90 bits per heavy atom. The van der Waals surface area contributed by atoms with Gasteiger partial charge in [-0.05, 0) is 33.2 Å². The molecule has 0 N–H and O–H groups in total. The van der Waals surface area contributed by atoms with Gasteiger partial charge in [0.05, 0.1) is 26.2 Å². The predicted molar refractivity (Wildman–Crippen MR) is 75.3 cm³/mol. The van der Waals surface area contributed by atoms with Gasteiger partial charge >= 0.3 is 5.97 Å². The lowest BCUT2D eigenvalue weighted by molar-refractivity contribution is -0.144. The Morgan fingerprint density at radius 1 is 1.40 bits per heavy atom. The zero-order chi connectivity index (χ0) is 14.5. The summed E-state index contributed by atoms with van der Waals surface area (Å²) in [7, 11) is 1.40. The Hall–Kier alpha value is -0.650. The fourth-order valence-corrected chi connectivity index (χ4v) is 3.19. The van der Waals surface area contributed by atoms with Crippen LogP contribution in [0.25, 0.3) is 0 Å². The van der Waals surface area contributed by atoms with Crippen LogP contribution in [0.3, 0.4) is 0 Å². The Labute approximate surface area is 121 Å². The van der Waals surface area contributed by atoms with Crippen molar-refractivity contribution in [3.05, 3.63) is 0 Å². The number of ether oxygens (including phenoxy) is 3. The largest absolute Gasteiger partial charge is 0.469 e. The maximum Gasteiger partial charge on any atom is 0.308 e. The van der Waals surface area contributed by atoms with Crippen LogP contribution in [0.15, 0.2) is 0 Å². The molecule has 3 atom stereocenters. The number of esters is 1. The van der Waals surface area contributed by atoms with E-state index in [0.29, 0.717) is 18.7 Å². The molecule has 3 unspecified atom stereocenters. The zero-order valence-corrected chi connectivity index (χ0v) is 12.8. The van der Waals surface area contributed by atoms with E-state index in [2.05, 4.69) is 23.5 Å². The first-order chi connectivity index (χ1) is 9.60. The third-order valence-corrected chi connectivity index (χ3v) is 4.23. The summed E-state index contributed by atoms with van der Waals surface area (Å²) in [6.45, 7) is 6.15. The lowest BCUT2D eigenvalue weighted by Gasteiger charge is -2.39. The Bertz CT molecular complexity index is 321. The van der Waals surface area contributed by atoms with Crippen LogP contribution in [-0.4, -0.2) is 55.6 Å². The summed E-state index contributed by atoms with van der Waals surface area (Å²) in [6.07, 6.45) is 4.64. The third-order valence-electron chi connectivity index (χ3n) is 4.23. The monoisotopic (exact) mass is 285 g/mol. The molecule has 2 rings (SSSR count). The van der Waals surface area contributed by atoms with Gasteiger partial charge in [0.25, 0.3) is 0 Å². The number of rotatable bonds is 5. The van der Waals surface area contributed by atoms with E-state index >= 15 is 0 Å². The molecule has 20 heavy (non-hydrogen) atoms.